The van der Waals surface area contributed by atoms with Crippen LogP contribution in [0.3, 0.4) is 0 Å². The van der Waals surface area contributed by atoms with Crippen molar-refractivity contribution in [2.45, 2.75) is 43.6 Å². The molecule has 9 heteroatoms. The molecule has 7 nitrogen and oxygen atoms in total. The van der Waals surface area contributed by atoms with E-state index in [1.54, 1.807) is 28.8 Å². The molecule has 0 fully saturated rings. The molecule has 2 aromatic heterocycles. The van der Waals surface area contributed by atoms with Crippen molar-refractivity contribution in [1.29, 1.82) is 0 Å². The largest absolute Gasteiger partial charge is 0.325 e. The lowest BCUT2D eigenvalue weighted by Gasteiger charge is -2.13. The molecule has 0 aliphatic rings. The van der Waals surface area contributed by atoms with Gasteiger partial charge in [0.2, 0.25) is 11.7 Å². The second-order valence-corrected chi connectivity index (χ2v) is 8.95. The van der Waals surface area contributed by atoms with E-state index in [1.807, 2.05) is 35.6 Å². The van der Waals surface area contributed by atoms with Crippen LogP contribution >= 0.6 is 23.4 Å². The van der Waals surface area contributed by atoms with Crippen molar-refractivity contribution in [2.75, 3.05) is 5.32 Å². The van der Waals surface area contributed by atoms with Gasteiger partial charge in [0.25, 0.3) is 5.56 Å². The summed E-state index contributed by atoms with van der Waals surface area (Å²) >= 11 is 7.20. The first-order chi connectivity index (χ1) is 15.0. The fourth-order valence-corrected chi connectivity index (χ4v) is 4.30. The lowest BCUT2D eigenvalue weighted by atomic mass is 10.2. The molecule has 0 saturated heterocycles. The number of anilines is 1. The summed E-state index contributed by atoms with van der Waals surface area (Å²) in [6.07, 6.45) is 1.83. The van der Waals surface area contributed by atoms with E-state index in [4.69, 9.17) is 11.6 Å². The van der Waals surface area contributed by atoms with Crippen LogP contribution in [0, 0.1) is 0 Å². The molecule has 1 atom stereocenters. The normalized spacial score (nSPS) is 12.4. The smallest absolute Gasteiger partial charge is 0.262 e. The number of unbranched alkanes of at least 4 members (excludes halogenated alkanes) is 1. The fourth-order valence-electron chi connectivity index (χ4n) is 3.32. The average molecular weight is 456 g/mol. The second kappa shape index (κ2) is 9.11. The maximum Gasteiger partial charge on any atom is 0.262 e. The molecule has 1 amide bonds. The monoisotopic (exact) mass is 455 g/mol. The molecule has 0 radical (unpaired) electrons. The van der Waals surface area contributed by atoms with E-state index in [0.717, 1.165) is 18.4 Å². The third-order valence-corrected chi connectivity index (χ3v) is 6.27. The Morgan fingerprint density at radius 2 is 1.90 bits per heavy atom. The van der Waals surface area contributed by atoms with E-state index >= 15 is 0 Å². The lowest BCUT2D eigenvalue weighted by molar-refractivity contribution is -0.115. The van der Waals surface area contributed by atoms with Gasteiger partial charge < -0.3 is 5.32 Å². The number of nitrogens with zero attached hydrogens (tertiary/aromatic N) is 4. The Morgan fingerprint density at radius 1 is 1.16 bits per heavy atom. The SMILES string of the molecule is CCCCn1c(=O)c2ccccc2n2c(SC(C)C(=O)Nc3ccc(Cl)cc3)nnc12. The van der Waals surface area contributed by atoms with E-state index in [-0.39, 0.29) is 11.5 Å². The quantitative estimate of drug-likeness (QED) is 0.411. The van der Waals surface area contributed by atoms with Gasteiger partial charge in [-0.1, -0.05) is 48.8 Å². The summed E-state index contributed by atoms with van der Waals surface area (Å²) in [4.78, 5) is 25.7. The number of benzene rings is 2. The van der Waals surface area contributed by atoms with Gasteiger partial charge in [-0.05, 0) is 49.7 Å². The summed E-state index contributed by atoms with van der Waals surface area (Å²) in [6, 6.07) is 14.4. The van der Waals surface area contributed by atoms with Crippen LogP contribution in [-0.4, -0.2) is 30.3 Å². The summed E-state index contributed by atoms with van der Waals surface area (Å²) in [5.41, 5.74) is 1.33. The zero-order valence-electron chi connectivity index (χ0n) is 17.2. The number of rotatable bonds is 7. The number of amides is 1. The Labute approximate surface area is 188 Å². The van der Waals surface area contributed by atoms with E-state index < -0.39 is 5.25 Å². The van der Waals surface area contributed by atoms with Crippen LogP contribution in [0.5, 0.6) is 0 Å². The molecule has 2 heterocycles. The van der Waals surface area contributed by atoms with Crippen LogP contribution in [-0.2, 0) is 11.3 Å². The van der Waals surface area contributed by atoms with Crippen molar-refractivity contribution in [3.05, 3.63) is 63.9 Å². The zero-order valence-corrected chi connectivity index (χ0v) is 18.8. The van der Waals surface area contributed by atoms with Crippen molar-refractivity contribution in [1.82, 2.24) is 19.2 Å². The minimum atomic E-state index is -0.433. The van der Waals surface area contributed by atoms with Gasteiger partial charge in [0.1, 0.15) is 0 Å². The van der Waals surface area contributed by atoms with Gasteiger partial charge in [0.05, 0.1) is 16.2 Å². The number of aryl methyl sites for hydroxylation is 1. The first-order valence-corrected chi connectivity index (χ1v) is 11.3. The fraction of sp³-hybridized carbons (Fsp3) is 0.273. The number of nitrogens with one attached hydrogen (secondary N) is 1. The number of carbonyl (C=O) groups is 1. The number of hydrogen-bond acceptors (Lipinski definition) is 5. The number of para-hydroxylation sites is 1. The highest BCUT2D eigenvalue weighted by molar-refractivity contribution is 8.00. The van der Waals surface area contributed by atoms with Crippen LogP contribution in [0.15, 0.2) is 58.5 Å². The minimum absolute atomic E-state index is 0.0750. The van der Waals surface area contributed by atoms with Crippen LogP contribution in [0.4, 0.5) is 5.69 Å². The molecule has 1 N–H and O–H groups in total. The average Bonchev–Trinajstić information content (AvgIpc) is 3.18. The first kappa shape index (κ1) is 21.4. The van der Waals surface area contributed by atoms with Gasteiger partial charge in [-0.3, -0.25) is 18.6 Å². The predicted molar refractivity (Wildman–Crippen MR) is 125 cm³/mol. The number of thioether (sulfide) groups is 1. The number of aromatic nitrogens is 4. The van der Waals surface area contributed by atoms with Gasteiger partial charge in [0.15, 0.2) is 5.16 Å². The molecule has 160 valence electrons. The molecule has 0 aliphatic heterocycles. The Hall–Kier alpha value is -2.84. The molecule has 1 unspecified atom stereocenters. The third-order valence-electron chi connectivity index (χ3n) is 4.98. The molecule has 0 bridgehead atoms. The molecular formula is C22H22ClN5O2S. The van der Waals surface area contributed by atoms with Gasteiger partial charge in [0, 0.05) is 17.3 Å². The van der Waals surface area contributed by atoms with Gasteiger partial charge >= 0.3 is 0 Å². The molecular weight excluding hydrogens is 434 g/mol. The molecule has 4 aromatic rings. The predicted octanol–water partition coefficient (Wildman–Crippen LogP) is 4.62. The third kappa shape index (κ3) is 4.31. The van der Waals surface area contributed by atoms with Crippen molar-refractivity contribution in [2.24, 2.45) is 0 Å². The van der Waals surface area contributed by atoms with Crippen LogP contribution in [0.25, 0.3) is 16.7 Å². The second-order valence-electron chi connectivity index (χ2n) is 7.20. The molecule has 2 aromatic carbocycles. The molecule has 0 aliphatic carbocycles. The summed E-state index contributed by atoms with van der Waals surface area (Å²) in [7, 11) is 0. The number of fused-ring (bicyclic) bond motifs is 3. The minimum Gasteiger partial charge on any atom is -0.325 e. The van der Waals surface area contributed by atoms with Gasteiger partial charge in [-0.2, -0.15) is 0 Å². The Balaban J connectivity index is 1.69. The Bertz CT molecular complexity index is 1300. The number of halogens is 1. The summed E-state index contributed by atoms with van der Waals surface area (Å²) in [6.45, 7) is 4.46. The molecule has 0 spiro atoms. The van der Waals surface area contributed by atoms with Crippen molar-refractivity contribution < 1.29 is 4.79 Å². The van der Waals surface area contributed by atoms with Crippen LogP contribution in [0.2, 0.25) is 5.02 Å². The molecule has 31 heavy (non-hydrogen) atoms. The van der Waals surface area contributed by atoms with E-state index in [9.17, 15) is 9.59 Å². The highest BCUT2D eigenvalue weighted by Gasteiger charge is 2.21. The standard InChI is InChI=1S/C22H22ClN5O2S/c1-3-4-13-27-20(30)17-7-5-6-8-18(17)28-21(27)25-26-22(28)31-14(2)19(29)24-16-11-9-15(23)10-12-16/h5-12,14H,3-4,13H2,1-2H3,(H,24,29). The van der Waals surface area contributed by atoms with Crippen LogP contribution < -0.4 is 10.9 Å². The summed E-state index contributed by atoms with van der Waals surface area (Å²) in [5, 5.41) is 12.8. The zero-order chi connectivity index (χ0) is 22.0. The number of carbonyl (C=O) groups excluding carboxylic acids is 1. The topological polar surface area (TPSA) is 81.3 Å². The summed E-state index contributed by atoms with van der Waals surface area (Å²) < 4.78 is 3.53. The van der Waals surface area contributed by atoms with Crippen LogP contribution in [0.1, 0.15) is 26.7 Å². The lowest BCUT2D eigenvalue weighted by Crippen LogP contribution is -2.24. The first-order valence-electron chi connectivity index (χ1n) is 10.1. The highest BCUT2D eigenvalue weighted by atomic mass is 35.5. The van der Waals surface area contributed by atoms with Crippen molar-refractivity contribution in [3.8, 4) is 0 Å². The molecule has 0 saturated carbocycles. The maximum atomic E-state index is 13.0. The van der Waals surface area contributed by atoms with Gasteiger partial charge in [-0.15, -0.1) is 10.2 Å². The van der Waals surface area contributed by atoms with E-state index in [0.29, 0.717) is 33.6 Å². The maximum absolute atomic E-state index is 13.0. The van der Waals surface area contributed by atoms with E-state index in [2.05, 4.69) is 22.4 Å². The van der Waals surface area contributed by atoms with Crippen molar-refractivity contribution >= 4 is 51.6 Å². The highest BCUT2D eigenvalue weighted by Crippen LogP contribution is 2.26. The van der Waals surface area contributed by atoms with Crippen molar-refractivity contribution in [3.63, 3.8) is 0 Å². The Kier molecular flexibility index (Phi) is 6.29. The summed E-state index contributed by atoms with van der Waals surface area (Å²) in [5.74, 6) is 0.331. The Morgan fingerprint density at radius 3 is 2.65 bits per heavy atom. The van der Waals surface area contributed by atoms with E-state index in [1.165, 1.54) is 11.8 Å². The number of hydrogen-bond donors (Lipinski definition) is 1. The van der Waals surface area contributed by atoms with Gasteiger partial charge in [-0.25, -0.2) is 0 Å². The molecule has 4 rings (SSSR count).